The fourth-order valence-corrected chi connectivity index (χ4v) is 9.05. The Balaban J connectivity index is 1.24. The van der Waals surface area contributed by atoms with Gasteiger partial charge in [0.05, 0.1) is 29.0 Å². The molecular formula is C50H37N3S. The Morgan fingerprint density at radius 3 is 2.17 bits per heavy atom. The minimum atomic E-state index is 0.506. The lowest BCUT2D eigenvalue weighted by Gasteiger charge is -2.11. The molecular weight excluding hydrogens is 675 g/mol. The molecule has 2 aromatic heterocycles. The number of allylic oxidation sites excluding steroid dienone is 6. The van der Waals surface area contributed by atoms with Gasteiger partial charge in [-0.2, -0.15) is 0 Å². The highest BCUT2D eigenvalue weighted by Crippen LogP contribution is 2.49. The fourth-order valence-electron chi connectivity index (χ4n) is 7.80. The SMILES string of the molecule is C=C/C=C\C(=C/C)C(/C=C(\N=C)c1ccccc1)=NCc1ccc(-n2c3ccc4ccccc4c3c3c4ccccc4c4sc5ccccc5c4c32)cc1. The van der Waals surface area contributed by atoms with Crippen LogP contribution >= 0.6 is 11.3 Å². The van der Waals surface area contributed by atoms with Crippen LogP contribution in [0.25, 0.3) is 74.9 Å². The van der Waals surface area contributed by atoms with E-state index in [4.69, 9.17) is 4.99 Å². The van der Waals surface area contributed by atoms with Gasteiger partial charge in [0.2, 0.25) is 0 Å². The van der Waals surface area contributed by atoms with Crippen molar-refractivity contribution in [2.24, 2.45) is 9.98 Å². The van der Waals surface area contributed by atoms with Gasteiger partial charge in [-0.25, -0.2) is 0 Å². The number of hydrogen-bond acceptors (Lipinski definition) is 3. The van der Waals surface area contributed by atoms with Crippen molar-refractivity contribution in [3.8, 4) is 5.69 Å². The number of rotatable bonds is 9. The standard InChI is InChI=1S/C50H37N3S/c1-4-6-16-34(5-2)43(31-42(51-3)36-18-8-7-9-19-36)52-32-33-25-28-37(29-26-33)53-44-30-27-35-17-10-11-20-38(35)46(44)47-39-21-12-13-22-40(39)50-48(49(47)53)41-23-14-15-24-45(41)54-50/h4-31H,1,3,32H2,2H3/b16-6-,34-5+,42-31-,52-43?. The van der Waals surface area contributed by atoms with Crippen molar-refractivity contribution in [1.29, 1.82) is 0 Å². The maximum absolute atomic E-state index is 5.15. The van der Waals surface area contributed by atoms with Gasteiger partial charge >= 0.3 is 0 Å². The molecule has 0 bridgehead atoms. The zero-order valence-corrected chi connectivity index (χ0v) is 30.9. The van der Waals surface area contributed by atoms with Crippen molar-refractivity contribution in [1.82, 2.24) is 4.57 Å². The van der Waals surface area contributed by atoms with Crippen molar-refractivity contribution in [3.05, 3.63) is 193 Å². The third-order valence-electron chi connectivity index (χ3n) is 10.3. The van der Waals surface area contributed by atoms with Crippen LogP contribution < -0.4 is 0 Å². The highest BCUT2D eigenvalue weighted by atomic mass is 32.1. The third kappa shape index (κ3) is 5.60. The minimum Gasteiger partial charge on any atom is -0.309 e. The Labute approximate surface area is 318 Å². The minimum absolute atomic E-state index is 0.506. The average molecular weight is 712 g/mol. The molecule has 9 aromatic rings. The molecule has 9 rings (SSSR count). The molecule has 0 saturated heterocycles. The molecule has 54 heavy (non-hydrogen) atoms. The Kier molecular flexibility index (Phi) is 8.66. The molecule has 0 spiro atoms. The molecule has 0 unspecified atom stereocenters. The van der Waals surface area contributed by atoms with Crippen molar-refractivity contribution in [3.63, 3.8) is 0 Å². The van der Waals surface area contributed by atoms with Crippen LogP contribution in [0.5, 0.6) is 0 Å². The maximum atomic E-state index is 5.15. The van der Waals surface area contributed by atoms with Crippen LogP contribution in [0.15, 0.2) is 192 Å². The average Bonchev–Trinajstić information content (AvgIpc) is 3.79. The van der Waals surface area contributed by atoms with E-state index in [1.807, 2.05) is 66.8 Å². The van der Waals surface area contributed by atoms with Crippen LogP contribution in [-0.2, 0) is 6.54 Å². The molecule has 0 fully saturated rings. The summed E-state index contributed by atoms with van der Waals surface area (Å²) in [5.41, 5.74) is 8.27. The van der Waals surface area contributed by atoms with Gasteiger partial charge in [-0.15, -0.1) is 11.3 Å². The van der Waals surface area contributed by atoms with E-state index in [-0.39, 0.29) is 0 Å². The zero-order chi connectivity index (χ0) is 36.6. The van der Waals surface area contributed by atoms with Gasteiger partial charge in [0.15, 0.2) is 0 Å². The first kappa shape index (κ1) is 33.2. The van der Waals surface area contributed by atoms with Crippen LogP contribution in [0.4, 0.5) is 0 Å². The summed E-state index contributed by atoms with van der Waals surface area (Å²) < 4.78 is 5.12. The predicted molar refractivity (Wildman–Crippen MR) is 237 cm³/mol. The Morgan fingerprint density at radius 2 is 1.41 bits per heavy atom. The highest BCUT2D eigenvalue weighted by Gasteiger charge is 2.23. The number of thiophene rings is 1. The number of fused-ring (bicyclic) bond motifs is 12. The van der Waals surface area contributed by atoms with Crippen molar-refractivity contribution < 1.29 is 0 Å². The van der Waals surface area contributed by atoms with E-state index in [2.05, 4.69) is 138 Å². The second-order valence-electron chi connectivity index (χ2n) is 13.3. The van der Waals surface area contributed by atoms with E-state index >= 15 is 0 Å². The maximum Gasteiger partial charge on any atom is 0.0716 e. The second kappa shape index (κ2) is 14.1. The monoisotopic (exact) mass is 711 g/mol. The number of hydrogen-bond donors (Lipinski definition) is 0. The molecule has 0 aliphatic carbocycles. The third-order valence-corrected chi connectivity index (χ3v) is 11.5. The van der Waals surface area contributed by atoms with E-state index in [1.54, 1.807) is 6.08 Å². The molecule has 3 nitrogen and oxygen atoms in total. The fraction of sp³-hybridized carbons (Fsp3) is 0.0400. The number of aromatic nitrogens is 1. The summed E-state index contributed by atoms with van der Waals surface area (Å²) in [6, 6.07) is 50.1. The van der Waals surface area contributed by atoms with Crippen LogP contribution in [0, 0.1) is 0 Å². The summed E-state index contributed by atoms with van der Waals surface area (Å²) in [5, 5.41) is 10.3. The molecule has 0 radical (unpaired) electrons. The molecule has 2 heterocycles. The van der Waals surface area contributed by atoms with Gasteiger partial charge in [0, 0.05) is 47.6 Å². The van der Waals surface area contributed by atoms with Crippen molar-refractivity contribution in [2.45, 2.75) is 13.5 Å². The van der Waals surface area contributed by atoms with Gasteiger partial charge < -0.3 is 4.57 Å². The molecule has 0 amide bonds. The molecule has 0 aliphatic rings. The van der Waals surface area contributed by atoms with Gasteiger partial charge in [0.1, 0.15) is 0 Å². The molecule has 0 N–H and O–H groups in total. The quantitative estimate of drug-likeness (QED) is 0.105. The van der Waals surface area contributed by atoms with E-state index in [9.17, 15) is 0 Å². The molecule has 0 atom stereocenters. The normalized spacial score (nSPS) is 13.0. The summed E-state index contributed by atoms with van der Waals surface area (Å²) in [4.78, 5) is 9.52. The largest absolute Gasteiger partial charge is 0.309 e. The van der Waals surface area contributed by atoms with Crippen molar-refractivity contribution in [2.75, 3.05) is 0 Å². The Morgan fingerprint density at radius 1 is 0.704 bits per heavy atom. The van der Waals surface area contributed by atoms with E-state index < -0.39 is 0 Å². The molecule has 7 aromatic carbocycles. The topological polar surface area (TPSA) is 29.6 Å². The summed E-state index contributed by atoms with van der Waals surface area (Å²) in [7, 11) is 0. The summed E-state index contributed by atoms with van der Waals surface area (Å²) >= 11 is 1.89. The first-order valence-electron chi connectivity index (χ1n) is 18.2. The molecule has 258 valence electrons. The van der Waals surface area contributed by atoms with Gasteiger partial charge in [-0.3, -0.25) is 9.98 Å². The molecule has 4 heteroatoms. The van der Waals surface area contributed by atoms with Gasteiger partial charge in [-0.05, 0) is 71.3 Å². The van der Waals surface area contributed by atoms with Gasteiger partial charge in [0.25, 0.3) is 0 Å². The second-order valence-corrected chi connectivity index (χ2v) is 14.4. The zero-order valence-electron chi connectivity index (χ0n) is 30.0. The molecule has 0 saturated carbocycles. The molecule has 0 aliphatic heterocycles. The van der Waals surface area contributed by atoms with Crippen LogP contribution in [0.1, 0.15) is 18.1 Å². The van der Waals surface area contributed by atoms with Crippen LogP contribution in [-0.4, -0.2) is 17.0 Å². The lowest BCUT2D eigenvalue weighted by atomic mass is 9.97. The summed E-state index contributed by atoms with van der Waals surface area (Å²) in [6.07, 6.45) is 9.82. The number of aliphatic imine (C=N–C) groups is 2. The van der Waals surface area contributed by atoms with Crippen LogP contribution in [0.3, 0.4) is 0 Å². The number of benzene rings is 7. The Hall–Kier alpha value is -6.62. The highest BCUT2D eigenvalue weighted by molar-refractivity contribution is 7.27. The lowest BCUT2D eigenvalue weighted by molar-refractivity contribution is 1.06. The van der Waals surface area contributed by atoms with Gasteiger partial charge in [-0.1, -0.05) is 146 Å². The lowest BCUT2D eigenvalue weighted by Crippen LogP contribution is -2.01. The van der Waals surface area contributed by atoms with E-state index in [0.717, 1.165) is 33.8 Å². The smallest absolute Gasteiger partial charge is 0.0716 e. The number of nitrogens with zero attached hydrogens (tertiary/aromatic N) is 3. The first-order chi connectivity index (χ1) is 26.7. The van der Waals surface area contributed by atoms with E-state index in [1.165, 1.54) is 63.5 Å². The summed E-state index contributed by atoms with van der Waals surface area (Å²) in [5.74, 6) is 0. The van der Waals surface area contributed by atoms with E-state index in [0.29, 0.717) is 6.54 Å². The van der Waals surface area contributed by atoms with Crippen LogP contribution in [0.2, 0.25) is 0 Å². The first-order valence-corrected chi connectivity index (χ1v) is 19.0. The predicted octanol–water partition coefficient (Wildman–Crippen LogP) is 13.8. The Bertz CT molecular complexity index is 3040. The van der Waals surface area contributed by atoms with Crippen molar-refractivity contribution >= 4 is 93.0 Å². The summed E-state index contributed by atoms with van der Waals surface area (Å²) in [6.45, 7) is 10.3.